The molecule has 2 aliphatic rings. The molecule has 2 aromatic heterocycles. The Bertz CT molecular complexity index is 1550. The predicted molar refractivity (Wildman–Crippen MR) is 145 cm³/mol. The smallest absolute Gasteiger partial charge is 0.135 e. The van der Waals surface area contributed by atoms with Gasteiger partial charge >= 0.3 is 0 Å². The van der Waals surface area contributed by atoms with Gasteiger partial charge in [-0.15, -0.1) is 0 Å². The van der Waals surface area contributed by atoms with Crippen molar-refractivity contribution in [2.45, 2.75) is 64.3 Å². The van der Waals surface area contributed by atoms with Crippen LogP contribution in [0.5, 0.6) is 0 Å². The van der Waals surface area contributed by atoms with Gasteiger partial charge in [-0.2, -0.15) is 0 Å². The number of benzene rings is 2. The highest BCUT2D eigenvalue weighted by atomic mass is 19.1. The quantitative estimate of drug-likeness (QED) is 0.329. The van der Waals surface area contributed by atoms with Gasteiger partial charge in [0, 0.05) is 28.4 Å². The zero-order valence-electron chi connectivity index (χ0n) is 21.3. The fourth-order valence-corrected chi connectivity index (χ4v) is 5.96. The molecule has 0 bridgehead atoms. The lowest BCUT2D eigenvalue weighted by atomic mass is 9.73. The molecule has 0 spiro atoms. The van der Waals surface area contributed by atoms with Gasteiger partial charge in [-0.25, -0.2) is 4.39 Å². The summed E-state index contributed by atoms with van der Waals surface area (Å²) < 4.78 is 18.8. The number of allylic oxidation sites excluding steroid dienone is 1. The van der Waals surface area contributed by atoms with Gasteiger partial charge < -0.3 is 9.67 Å². The SMILES string of the molecule is CC1=NCC(C)=C1c1cnc2c3ccc(C(C)(C)O)cc3n(C(c3ccccc3)C3(F)CCC3)c2c1. The van der Waals surface area contributed by atoms with Gasteiger partial charge in [0.05, 0.1) is 34.7 Å². The number of pyridine rings is 1. The van der Waals surface area contributed by atoms with Gasteiger partial charge in [-0.1, -0.05) is 42.5 Å². The maximum Gasteiger partial charge on any atom is 0.135 e. The Balaban J connectivity index is 1.71. The van der Waals surface area contributed by atoms with E-state index in [-0.39, 0.29) is 0 Å². The van der Waals surface area contributed by atoms with Crippen molar-refractivity contribution in [2.24, 2.45) is 4.99 Å². The number of hydrogen-bond donors (Lipinski definition) is 1. The van der Waals surface area contributed by atoms with Crippen LogP contribution in [0.4, 0.5) is 4.39 Å². The first-order valence-corrected chi connectivity index (χ1v) is 12.8. The fourth-order valence-electron chi connectivity index (χ4n) is 5.96. The number of nitrogens with zero attached hydrogens (tertiary/aromatic N) is 3. The molecule has 1 aliphatic carbocycles. The lowest BCUT2D eigenvalue weighted by molar-refractivity contribution is 0.0242. The average molecular weight is 482 g/mol. The summed E-state index contributed by atoms with van der Waals surface area (Å²) in [5.41, 5.74) is 6.43. The second-order valence-corrected chi connectivity index (χ2v) is 11.0. The highest BCUT2D eigenvalue weighted by Gasteiger charge is 2.47. The lowest BCUT2D eigenvalue weighted by Gasteiger charge is -2.42. The third kappa shape index (κ3) is 3.52. The molecule has 0 radical (unpaired) electrons. The van der Waals surface area contributed by atoms with Crippen molar-refractivity contribution in [2.75, 3.05) is 6.54 Å². The van der Waals surface area contributed by atoms with Crippen LogP contribution in [0.25, 0.3) is 27.5 Å². The number of aromatic nitrogens is 2. The molecule has 5 heteroatoms. The van der Waals surface area contributed by atoms with Gasteiger partial charge in [-0.3, -0.25) is 9.98 Å². The van der Waals surface area contributed by atoms with Crippen LogP contribution in [-0.4, -0.2) is 32.6 Å². The number of alkyl halides is 1. The van der Waals surface area contributed by atoms with E-state index in [0.29, 0.717) is 19.4 Å². The van der Waals surface area contributed by atoms with E-state index in [0.717, 1.165) is 56.3 Å². The number of aliphatic hydroxyl groups is 1. The minimum atomic E-state index is -1.35. The van der Waals surface area contributed by atoms with Crippen LogP contribution >= 0.6 is 0 Å². The Kier molecular flexibility index (Phi) is 5.20. The predicted octanol–water partition coefficient (Wildman–Crippen LogP) is 7.15. The molecule has 1 unspecified atom stereocenters. The van der Waals surface area contributed by atoms with Gasteiger partial charge in [0.15, 0.2) is 0 Å². The number of halogens is 1. The summed E-state index contributed by atoms with van der Waals surface area (Å²) in [7, 11) is 0. The monoisotopic (exact) mass is 481 g/mol. The molecule has 4 nitrogen and oxygen atoms in total. The van der Waals surface area contributed by atoms with Crippen molar-refractivity contribution in [3.63, 3.8) is 0 Å². The second kappa shape index (κ2) is 8.10. The zero-order valence-corrected chi connectivity index (χ0v) is 21.3. The summed E-state index contributed by atoms with van der Waals surface area (Å²) in [5, 5.41) is 11.8. The summed E-state index contributed by atoms with van der Waals surface area (Å²) in [4.78, 5) is 9.57. The van der Waals surface area contributed by atoms with E-state index >= 15 is 4.39 Å². The molecule has 2 aromatic carbocycles. The van der Waals surface area contributed by atoms with Crippen molar-refractivity contribution in [1.82, 2.24) is 9.55 Å². The first-order valence-electron chi connectivity index (χ1n) is 12.8. The van der Waals surface area contributed by atoms with Crippen LogP contribution < -0.4 is 0 Å². The van der Waals surface area contributed by atoms with E-state index in [1.54, 1.807) is 13.8 Å². The van der Waals surface area contributed by atoms with Gasteiger partial charge in [0.25, 0.3) is 0 Å². The molecule has 184 valence electrons. The fraction of sp³-hybridized carbons (Fsp3) is 0.355. The van der Waals surface area contributed by atoms with Crippen LogP contribution in [-0.2, 0) is 5.60 Å². The highest BCUT2D eigenvalue weighted by Crippen LogP contribution is 2.50. The standard InChI is InChI=1S/C31H32FN3O/c1-19-17-33-20(2)27(19)22-15-26-28(34-18-22)24-12-11-23(30(3,4)36)16-25(24)35(26)29(31(32)13-8-14-31)21-9-6-5-7-10-21/h5-7,9-12,15-16,18,29,36H,8,13-14,17H2,1-4H3. The zero-order chi connectivity index (χ0) is 25.2. The molecule has 36 heavy (non-hydrogen) atoms. The molecule has 0 amide bonds. The summed E-state index contributed by atoms with van der Waals surface area (Å²) in [5.74, 6) is 0. The van der Waals surface area contributed by atoms with Crippen LogP contribution in [0.15, 0.2) is 71.4 Å². The molecule has 1 fully saturated rings. The maximum absolute atomic E-state index is 16.6. The van der Waals surface area contributed by atoms with Crippen LogP contribution in [0.3, 0.4) is 0 Å². The van der Waals surface area contributed by atoms with Crippen molar-refractivity contribution in [3.05, 3.63) is 83.1 Å². The molecule has 3 heterocycles. The van der Waals surface area contributed by atoms with Crippen molar-refractivity contribution in [3.8, 4) is 0 Å². The maximum atomic E-state index is 16.6. The van der Waals surface area contributed by atoms with Crippen LogP contribution in [0.2, 0.25) is 0 Å². The Morgan fingerprint density at radius 1 is 1.03 bits per heavy atom. The van der Waals surface area contributed by atoms with Crippen molar-refractivity contribution < 1.29 is 9.50 Å². The highest BCUT2D eigenvalue weighted by molar-refractivity contribution is 6.25. The summed E-state index contributed by atoms with van der Waals surface area (Å²) >= 11 is 0. The van der Waals surface area contributed by atoms with E-state index in [1.807, 2.05) is 61.7 Å². The summed E-state index contributed by atoms with van der Waals surface area (Å²) in [6.07, 6.45) is 3.87. The molecular weight excluding hydrogens is 449 g/mol. The first-order chi connectivity index (χ1) is 17.2. The van der Waals surface area contributed by atoms with Crippen LogP contribution in [0, 0.1) is 0 Å². The Morgan fingerprint density at radius 2 is 1.78 bits per heavy atom. The molecule has 4 aromatic rings. The number of aliphatic imine (C=N–C) groups is 1. The summed E-state index contributed by atoms with van der Waals surface area (Å²) in [6, 6.07) is 17.7. The number of hydrogen-bond acceptors (Lipinski definition) is 3. The van der Waals surface area contributed by atoms with Crippen LogP contribution in [0.1, 0.15) is 69.7 Å². The van der Waals surface area contributed by atoms with E-state index < -0.39 is 17.3 Å². The largest absolute Gasteiger partial charge is 0.386 e. The first kappa shape index (κ1) is 23.1. The van der Waals surface area contributed by atoms with Gasteiger partial charge in [0.2, 0.25) is 0 Å². The Labute approximate surface area is 211 Å². The third-order valence-electron chi connectivity index (χ3n) is 8.02. The van der Waals surface area contributed by atoms with Crippen molar-refractivity contribution >= 4 is 33.2 Å². The second-order valence-electron chi connectivity index (χ2n) is 11.0. The number of fused-ring (bicyclic) bond motifs is 3. The molecule has 1 N–H and O–H groups in total. The van der Waals surface area contributed by atoms with Crippen molar-refractivity contribution in [1.29, 1.82) is 0 Å². The Morgan fingerprint density at radius 3 is 2.39 bits per heavy atom. The molecule has 0 saturated heterocycles. The molecular formula is C31H32FN3O. The van der Waals surface area contributed by atoms with Gasteiger partial charge in [0.1, 0.15) is 5.67 Å². The lowest BCUT2D eigenvalue weighted by Crippen LogP contribution is -2.42. The number of rotatable bonds is 5. The summed E-state index contributed by atoms with van der Waals surface area (Å²) in [6.45, 7) is 8.43. The van der Waals surface area contributed by atoms with Gasteiger partial charge in [-0.05, 0) is 75.8 Å². The third-order valence-corrected chi connectivity index (χ3v) is 8.02. The minimum Gasteiger partial charge on any atom is -0.386 e. The van der Waals surface area contributed by atoms with E-state index in [9.17, 15) is 5.11 Å². The molecule has 6 rings (SSSR count). The minimum absolute atomic E-state index is 0.491. The molecule has 1 atom stereocenters. The Hall–Kier alpha value is -3.31. The van der Waals surface area contributed by atoms with E-state index in [2.05, 4.69) is 22.5 Å². The normalized spacial score (nSPS) is 18.6. The van der Waals surface area contributed by atoms with E-state index in [1.165, 1.54) is 5.57 Å². The average Bonchev–Trinajstić information content (AvgIpc) is 3.34. The molecule has 1 aliphatic heterocycles. The topological polar surface area (TPSA) is 50.4 Å². The molecule has 1 saturated carbocycles. The van der Waals surface area contributed by atoms with E-state index in [4.69, 9.17) is 4.98 Å².